The molecule has 0 aliphatic carbocycles. The minimum absolute atomic E-state index is 0.229. The molecule has 1 aliphatic rings. The Morgan fingerprint density at radius 3 is 3.00 bits per heavy atom. The van der Waals surface area contributed by atoms with Gasteiger partial charge < -0.3 is 14.6 Å². The highest BCUT2D eigenvalue weighted by molar-refractivity contribution is 5.45. The van der Waals surface area contributed by atoms with E-state index < -0.39 is 6.10 Å². The molecule has 1 atom stereocenters. The molecule has 4 heteroatoms. The van der Waals surface area contributed by atoms with Crippen LogP contribution in [0.1, 0.15) is 24.5 Å². The van der Waals surface area contributed by atoms with Crippen molar-refractivity contribution in [3.63, 3.8) is 0 Å². The molecule has 0 saturated carbocycles. The lowest BCUT2D eigenvalue weighted by molar-refractivity contribution is 0.167. The molecule has 0 saturated heterocycles. The first-order valence-corrected chi connectivity index (χ1v) is 4.76. The molecule has 1 heterocycles. The summed E-state index contributed by atoms with van der Waals surface area (Å²) >= 11 is 0. The Bertz CT molecular complexity index is 397. The minimum Gasteiger partial charge on any atom is -0.454 e. The van der Waals surface area contributed by atoms with Gasteiger partial charge >= 0.3 is 0 Å². The molecule has 0 bridgehead atoms. The second-order valence-corrected chi connectivity index (χ2v) is 3.33. The molecule has 0 amide bonds. The van der Waals surface area contributed by atoms with Crippen LogP contribution in [0, 0.1) is 11.3 Å². The molecule has 1 aromatic carbocycles. The number of hydrogen-bond donors (Lipinski definition) is 1. The SMILES string of the molecule is N#CCCC(O)c1ccc2c(c1)OCO2. The molecule has 0 aromatic heterocycles. The van der Waals surface area contributed by atoms with E-state index >= 15 is 0 Å². The van der Waals surface area contributed by atoms with Gasteiger partial charge in [0.25, 0.3) is 0 Å². The van der Waals surface area contributed by atoms with Gasteiger partial charge in [-0.1, -0.05) is 6.07 Å². The normalized spacial score (nSPS) is 14.7. The number of nitriles is 1. The van der Waals surface area contributed by atoms with Crippen molar-refractivity contribution in [2.45, 2.75) is 18.9 Å². The zero-order valence-electron chi connectivity index (χ0n) is 8.14. The van der Waals surface area contributed by atoms with E-state index in [1.54, 1.807) is 18.2 Å². The fourth-order valence-electron chi connectivity index (χ4n) is 1.49. The van der Waals surface area contributed by atoms with Crippen molar-refractivity contribution in [3.05, 3.63) is 23.8 Å². The van der Waals surface area contributed by atoms with Gasteiger partial charge in [0.2, 0.25) is 6.79 Å². The van der Waals surface area contributed by atoms with Gasteiger partial charge in [0, 0.05) is 6.42 Å². The van der Waals surface area contributed by atoms with E-state index in [1.165, 1.54) is 0 Å². The van der Waals surface area contributed by atoms with Crippen LogP contribution in [-0.2, 0) is 0 Å². The average Bonchev–Trinajstić information content (AvgIpc) is 2.72. The third kappa shape index (κ3) is 2.03. The summed E-state index contributed by atoms with van der Waals surface area (Å²) in [5.41, 5.74) is 0.759. The molecule has 0 fully saturated rings. The second kappa shape index (κ2) is 4.20. The van der Waals surface area contributed by atoms with Crippen LogP contribution in [-0.4, -0.2) is 11.9 Å². The highest BCUT2D eigenvalue weighted by Gasteiger charge is 2.16. The number of fused-ring (bicyclic) bond motifs is 1. The molecule has 0 spiro atoms. The van der Waals surface area contributed by atoms with Gasteiger partial charge in [0.15, 0.2) is 11.5 Å². The van der Waals surface area contributed by atoms with Crippen LogP contribution in [0.3, 0.4) is 0 Å². The van der Waals surface area contributed by atoms with Crippen LogP contribution in [0.25, 0.3) is 0 Å². The Kier molecular flexibility index (Phi) is 2.75. The molecule has 2 rings (SSSR count). The summed E-state index contributed by atoms with van der Waals surface area (Å²) in [5, 5.41) is 18.1. The van der Waals surface area contributed by atoms with Crippen molar-refractivity contribution >= 4 is 0 Å². The van der Waals surface area contributed by atoms with E-state index in [4.69, 9.17) is 14.7 Å². The van der Waals surface area contributed by atoms with Crippen molar-refractivity contribution in [2.24, 2.45) is 0 Å². The lowest BCUT2D eigenvalue weighted by Gasteiger charge is -2.09. The fourth-order valence-corrected chi connectivity index (χ4v) is 1.49. The van der Waals surface area contributed by atoms with Crippen molar-refractivity contribution < 1.29 is 14.6 Å². The van der Waals surface area contributed by atoms with E-state index in [0.29, 0.717) is 24.3 Å². The minimum atomic E-state index is -0.612. The Morgan fingerprint density at radius 2 is 2.20 bits per heavy atom. The van der Waals surface area contributed by atoms with Gasteiger partial charge in [-0.25, -0.2) is 0 Å². The Balaban J connectivity index is 2.12. The summed E-state index contributed by atoms with van der Waals surface area (Å²) in [4.78, 5) is 0. The largest absolute Gasteiger partial charge is 0.454 e. The summed E-state index contributed by atoms with van der Waals surface area (Å²) in [6.45, 7) is 0.229. The Hall–Kier alpha value is -1.73. The van der Waals surface area contributed by atoms with E-state index in [0.717, 1.165) is 5.56 Å². The van der Waals surface area contributed by atoms with Gasteiger partial charge in [-0.15, -0.1) is 0 Å². The van der Waals surface area contributed by atoms with Crippen LogP contribution in [0.2, 0.25) is 0 Å². The van der Waals surface area contributed by atoms with Crippen LogP contribution in [0.4, 0.5) is 0 Å². The molecular weight excluding hydrogens is 194 g/mol. The first kappa shape index (κ1) is 9.81. The standard InChI is InChI=1S/C11H11NO3/c12-5-1-2-9(13)8-3-4-10-11(6-8)15-7-14-10/h3-4,6,9,13H,1-2,7H2. The highest BCUT2D eigenvalue weighted by Crippen LogP contribution is 2.34. The third-order valence-electron chi connectivity index (χ3n) is 2.31. The number of hydrogen-bond acceptors (Lipinski definition) is 4. The number of nitrogens with zero attached hydrogens (tertiary/aromatic N) is 1. The van der Waals surface area contributed by atoms with Gasteiger partial charge in [-0.05, 0) is 24.1 Å². The summed E-state index contributed by atoms with van der Waals surface area (Å²) in [7, 11) is 0. The van der Waals surface area contributed by atoms with Crippen molar-refractivity contribution in [1.29, 1.82) is 5.26 Å². The van der Waals surface area contributed by atoms with Crippen molar-refractivity contribution in [1.82, 2.24) is 0 Å². The van der Waals surface area contributed by atoms with Gasteiger partial charge in [-0.3, -0.25) is 0 Å². The zero-order chi connectivity index (χ0) is 10.7. The Morgan fingerprint density at radius 1 is 1.40 bits per heavy atom. The number of ether oxygens (including phenoxy) is 2. The number of benzene rings is 1. The quantitative estimate of drug-likeness (QED) is 0.816. The summed E-state index contributed by atoms with van der Waals surface area (Å²) in [6, 6.07) is 7.32. The van der Waals surface area contributed by atoms with Crippen molar-refractivity contribution in [3.8, 4) is 17.6 Å². The molecule has 1 aliphatic heterocycles. The topological polar surface area (TPSA) is 62.5 Å². The van der Waals surface area contributed by atoms with Crippen LogP contribution < -0.4 is 9.47 Å². The summed E-state index contributed by atoms with van der Waals surface area (Å²) in [6.07, 6.45) is 0.172. The Labute approximate surface area is 87.7 Å². The fraction of sp³-hybridized carbons (Fsp3) is 0.364. The smallest absolute Gasteiger partial charge is 0.231 e. The molecule has 1 aromatic rings. The molecule has 15 heavy (non-hydrogen) atoms. The lowest BCUT2D eigenvalue weighted by atomic mass is 10.0. The maximum atomic E-state index is 9.74. The van der Waals surface area contributed by atoms with E-state index in [9.17, 15) is 5.11 Å². The maximum Gasteiger partial charge on any atom is 0.231 e. The molecule has 4 nitrogen and oxygen atoms in total. The predicted octanol–water partition coefficient (Wildman–Crippen LogP) is 1.75. The maximum absolute atomic E-state index is 9.74. The van der Waals surface area contributed by atoms with Gasteiger partial charge in [-0.2, -0.15) is 5.26 Å². The second-order valence-electron chi connectivity index (χ2n) is 3.33. The van der Waals surface area contributed by atoms with Gasteiger partial charge in [0.1, 0.15) is 0 Å². The molecule has 0 radical (unpaired) electrons. The average molecular weight is 205 g/mol. The molecule has 1 unspecified atom stereocenters. The first-order chi connectivity index (χ1) is 7.31. The summed E-state index contributed by atoms with van der Waals surface area (Å²) < 4.78 is 10.4. The first-order valence-electron chi connectivity index (χ1n) is 4.76. The number of aliphatic hydroxyl groups excluding tert-OH is 1. The monoisotopic (exact) mass is 205 g/mol. The van der Waals surface area contributed by atoms with Crippen LogP contribution in [0.15, 0.2) is 18.2 Å². The van der Waals surface area contributed by atoms with Crippen LogP contribution >= 0.6 is 0 Å². The molecule has 1 N–H and O–H groups in total. The number of rotatable bonds is 3. The lowest BCUT2D eigenvalue weighted by Crippen LogP contribution is -1.96. The number of aliphatic hydroxyl groups is 1. The predicted molar refractivity (Wildman–Crippen MR) is 52.4 cm³/mol. The zero-order valence-corrected chi connectivity index (χ0v) is 8.14. The van der Waals surface area contributed by atoms with Gasteiger partial charge in [0.05, 0.1) is 12.2 Å². The van der Waals surface area contributed by atoms with Crippen molar-refractivity contribution in [2.75, 3.05) is 6.79 Å². The van der Waals surface area contributed by atoms with E-state index in [2.05, 4.69) is 0 Å². The van der Waals surface area contributed by atoms with E-state index in [1.807, 2.05) is 6.07 Å². The van der Waals surface area contributed by atoms with E-state index in [-0.39, 0.29) is 6.79 Å². The molecule has 78 valence electrons. The molecular formula is C11H11NO3. The highest BCUT2D eigenvalue weighted by atomic mass is 16.7. The van der Waals surface area contributed by atoms with Crippen LogP contribution in [0.5, 0.6) is 11.5 Å². The summed E-state index contributed by atoms with van der Waals surface area (Å²) in [5.74, 6) is 1.36. The third-order valence-corrected chi connectivity index (χ3v) is 2.31.